The summed E-state index contributed by atoms with van der Waals surface area (Å²) in [5.74, 6) is 0. The molecule has 0 amide bonds. The molecule has 0 unspecified atom stereocenters. The van der Waals surface area contributed by atoms with Crippen molar-refractivity contribution in [2.75, 3.05) is 13.1 Å². The summed E-state index contributed by atoms with van der Waals surface area (Å²) < 4.78 is 4.98. The fraction of sp³-hybridized carbons (Fsp3) is 0.600. The summed E-state index contributed by atoms with van der Waals surface area (Å²) >= 11 is 5.79. The average Bonchev–Trinajstić information content (AvgIpc) is 2.91. The van der Waals surface area contributed by atoms with E-state index in [1.54, 1.807) is 6.26 Å². The maximum atomic E-state index is 5.79. The zero-order chi connectivity index (χ0) is 9.80. The first-order valence-electron chi connectivity index (χ1n) is 5.02. The molecule has 1 aliphatic carbocycles. The van der Waals surface area contributed by atoms with Crippen LogP contribution in [0, 0.1) is 0 Å². The van der Waals surface area contributed by atoms with Gasteiger partial charge in [-0.25, -0.2) is 0 Å². The van der Waals surface area contributed by atoms with E-state index in [0.717, 1.165) is 31.2 Å². The quantitative estimate of drug-likeness (QED) is 0.709. The molecule has 0 saturated heterocycles. The maximum absolute atomic E-state index is 5.79. The predicted molar refractivity (Wildman–Crippen MR) is 56.4 cm³/mol. The molecule has 1 saturated carbocycles. The van der Waals surface area contributed by atoms with Gasteiger partial charge in [-0.2, -0.15) is 0 Å². The Labute approximate surface area is 88.8 Å². The summed E-state index contributed by atoms with van der Waals surface area (Å²) in [7, 11) is 0. The third-order valence-electron chi connectivity index (χ3n) is 2.32. The van der Waals surface area contributed by atoms with Gasteiger partial charge in [-0.15, -0.1) is 0 Å². The Kier molecular flexibility index (Phi) is 3.45. The van der Waals surface area contributed by atoms with Gasteiger partial charge < -0.3 is 15.1 Å². The van der Waals surface area contributed by atoms with Gasteiger partial charge in [-0.05, 0) is 30.5 Å². The lowest BCUT2D eigenvalue weighted by atomic mass is 10.3. The Morgan fingerprint density at radius 3 is 2.93 bits per heavy atom. The zero-order valence-corrected chi connectivity index (χ0v) is 8.81. The highest BCUT2D eigenvalue weighted by Gasteiger charge is 2.19. The number of rotatable bonds is 6. The molecule has 14 heavy (non-hydrogen) atoms. The van der Waals surface area contributed by atoms with Gasteiger partial charge >= 0.3 is 0 Å². The third-order valence-corrected chi connectivity index (χ3v) is 2.65. The number of hydrogen-bond acceptors (Lipinski definition) is 3. The molecule has 2 N–H and O–H groups in total. The van der Waals surface area contributed by atoms with Crippen LogP contribution < -0.4 is 10.6 Å². The third kappa shape index (κ3) is 3.01. The monoisotopic (exact) mass is 214 g/mol. The lowest BCUT2D eigenvalue weighted by Gasteiger charge is -2.04. The Balaban J connectivity index is 1.56. The summed E-state index contributed by atoms with van der Waals surface area (Å²) in [6, 6.07) is 2.68. The first-order valence-corrected chi connectivity index (χ1v) is 5.40. The van der Waals surface area contributed by atoms with Crippen molar-refractivity contribution in [1.82, 2.24) is 10.6 Å². The van der Waals surface area contributed by atoms with E-state index in [-0.39, 0.29) is 0 Å². The van der Waals surface area contributed by atoms with Crippen molar-refractivity contribution in [3.63, 3.8) is 0 Å². The van der Waals surface area contributed by atoms with Crippen LogP contribution in [0.25, 0.3) is 0 Å². The van der Waals surface area contributed by atoms with Crippen molar-refractivity contribution >= 4 is 11.6 Å². The molecule has 0 spiro atoms. The Hall–Kier alpha value is -0.510. The highest BCUT2D eigenvalue weighted by atomic mass is 35.5. The van der Waals surface area contributed by atoms with Gasteiger partial charge in [0.05, 0.1) is 6.26 Å². The van der Waals surface area contributed by atoms with E-state index in [2.05, 4.69) is 10.6 Å². The van der Waals surface area contributed by atoms with E-state index < -0.39 is 0 Å². The molecule has 1 fully saturated rings. The second-order valence-corrected chi connectivity index (χ2v) is 3.97. The van der Waals surface area contributed by atoms with Crippen LogP contribution >= 0.6 is 11.6 Å². The van der Waals surface area contributed by atoms with Crippen LogP contribution in [0.5, 0.6) is 0 Å². The smallest absolute Gasteiger partial charge is 0.197 e. The first-order chi connectivity index (χ1) is 6.86. The van der Waals surface area contributed by atoms with E-state index in [9.17, 15) is 0 Å². The van der Waals surface area contributed by atoms with Crippen LogP contribution in [-0.4, -0.2) is 19.1 Å². The van der Waals surface area contributed by atoms with Crippen LogP contribution in [0.1, 0.15) is 18.4 Å². The molecule has 1 aromatic rings. The molecule has 0 aromatic carbocycles. The molecule has 1 heterocycles. The molecular weight excluding hydrogens is 200 g/mol. The Morgan fingerprint density at radius 2 is 2.29 bits per heavy atom. The fourth-order valence-electron chi connectivity index (χ4n) is 1.32. The summed E-state index contributed by atoms with van der Waals surface area (Å²) in [5.41, 5.74) is 1.03. The summed E-state index contributed by atoms with van der Waals surface area (Å²) in [6.45, 7) is 2.78. The molecule has 0 aliphatic heterocycles. The lowest BCUT2D eigenvalue weighted by Crippen LogP contribution is -2.28. The minimum Gasteiger partial charge on any atom is -0.453 e. The van der Waals surface area contributed by atoms with Crippen molar-refractivity contribution in [1.29, 1.82) is 0 Å². The van der Waals surface area contributed by atoms with Gasteiger partial charge in [0.25, 0.3) is 0 Å². The number of furan rings is 1. The lowest BCUT2D eigenvalue weighted by molar-refractivity contribution is 0.560. The van der Waals surface area contributed by atoms with Crippen molar-refractivity contribution in [2.45, 2.75) is 25.4 Å². The largest absolute Gasteiger partial charge is 0.453 e. The zero-order valence-electron chi connectivity index (χ0n) is 8.05. The minimum atomic E-state index is 0.493. The molecule has 0 radical (unpaired) electrons. The second kappa shape index (κ2) is 4.82. The van der Waals surface area contributed by atoms with Crippen LogP contribution in [-0.2, 0) is 6.54 Å². The van der Waals surface area contributed by atoms with Gasteiger partial charge in [-0.1, -0.05) is 0 Å². The standard InChI is InChI=1S/C10H15ClN2O/c11-10-8(3-6-14-10)7-12-4-5-13-9-1-2-9/h3,6,9,12-13H,1-2,4-5,7H2. The second-order valence-electron chi connectivity index (χ2n) is 3.62. The topological polar surface area (TPSA) is 37.2 Å². The van der Waals surface area contributed by atoms with Crippen molar-refractivity contribution in [3.05, 3.63) is 23.1 Å². The van der Waals surface area contributed by atoms with E-state index in [0.29, 0.717) is 5.22 Å². The SMILES string of the molecule is Clc1occc1CNCCNC1CC1. The summed E-state index contributed by atoms with van der Waals surface area (Å²) in [4.78, 5) is 0. The van der Waals surface area contributed by atoms with Crippen LogP contribution in [0.2, 0.25) is 5.22 Å². The molecule has 1 aliphatic rings. The fourth-order valence-corrected chi connectivity index (χ4v) is 1.50. The molecule has 3 nitrogen and oxygen atoms in total. The first kappa shape index (κ1) is 10.0. The highest BCUT2D eigenvalue weighted by molar-refractivity contribution is 6.29. The normalized spacial score (nSPS) is 16.1. The summed E-state index contributed by atoms with van der Waals surface area (Å²) in [5, 5.41) is 7.23. The molecule has 0 atom stereocenters. The Bertz CT molecular complexity index is 283. The molecule has 78 valence electrons. The minimum absolute atomic E-state index is 0.493. The molecule has 0 bridgehead atoms. The van der Waals surface area contributed by atoms with Gasteiger partial charge in [0, 0.05) is 31.2 Å². The van der Waals surface area contributed by atoms with E-state index in [1.165, 1.54) is 12.8 Å². The van der Waals surface area contributed by atoms with Crippen molar-refractivity contribution in [3.8, 4) is 0 Å². The average molecular weight is 215 g/mol. The molecule has 4 heteroatoms. The number of nitrogens with one attached hydrogen (secondary N) is 2. The molecule has 1 aromatic heterocycles. The van der Waals surface area contributed by atoms with Gasteiger partial charge in [0.2, 0.25) is 0 Å². The van der Waals surface area contributed by atoms with Gasteiger partial charge in [0.1, 0.15) is 0 Å². The van der Waals surface area contributed by atoms with Crippen LogP contribution in [0.15, 0.2) is 16.7 Å². The number of halogens is 1. The molecular formula is C10H15ClN2O. The van der Waals surface area contributed by atoms with Crippen molar-refractivity contribution < 1.29 is 4.42 Å². The van der Waals surface area contributed by atoms with Crippen LogP contribution in [0.4, 0.5) is 0 Å². The predicted octanol–water partition coefficient (Wildman–Crippen LogP) is 1.77. The maximum Gasteiger partial charge on any atom is 0.197 e. The summed E-state index contributed by atoms with van der Waals surface area (Å²) in [6.07, 6.45) is 4.29. The highest BCUT2D eigenvalue weighted by Crippen LogP contribution is 2.18. The van der Waals surface area contributed by atoms with Crippen molar-refractivity contribution in [2.24, 2.45) is 0 Å². The Morgan fingerprint density at radius 1 is 1.43 bits per heavy atom. The van der Waals surface area contributed by atoms with Crippen LogP contribution in [0.3, 0.4) is 0 Å². The van der Waals surface area contributed by atoms with Gasteiger partial charge in [0.15, 0.2) is 5.22 Å². The molecule has 2 rings (SSSR count). The van der Waals surface area contributed by atoms with E-state index >= 15 is 0 Å². The van der Waals surface area contributed by atoms with Gasteiger partial charge in [-0.3, -0.25) is 0 Å². The van der Waals surface area contributed by atoms with E-state index in [4.69, 9.17) is 16.0 Å². The number of hydrogen-bond donors (Lipinski definition) is 2. The van der Waals surface area contributed by atoms with E-state index in [1.807, 2.05) is 6.07 Å².